The Bertz CT molecular complexity index is 801. The molecule has 3 heterocycles. The van der Waals surface area contributed by atoms with Gasteiger partial charge in [0.25, 0.3) is 0 Å². The van der Waals surface area contributed by atoms with E-state index < -0.39 is 5.97 Å². The van der Waals surface area contributed by atoms with Gasteiger partial charge in [0.1, 0.15) is 5.69 Å². The Hall–Kier alpha value is -2.63. The van der Waals surface area contributed by atoms with E-state index in [2.05, 4.69) is 10.1 Å². The monoisotopic (exact) mass is 269 g/mol. The van der Waals surface area contributed by atoms with Crippen LogP contribution in [0.25, 0.3) is 17.1 Å². The number of carboxylic acids is 1. The predicted octanol–water partition coefficient (Wildman–Crippen LogP) is 2.56. The molecule has 0 aromatic carbocycles. The van der Waals surface area contributed by atoms with Gasteiger partial charge in [-0.1, -0.05) is 0 Å². The van der Waals surface area contributed by atoms with Crippen molar-refractivity contribution in [2.24, 2.45) is 0 Å². The number of nitrogens with zero attached hydrogens (tertiary/aromatic N) is 3. The fourth-order valence-electron chi connectivity index (χ4n) is 2.32. The molecule has 0 unspecified atom stereocenters. The smallest absolute Gasteiger partial charge is 0.354 e. The van der Waals surface area contributed by atoms with E-state index in [-0.39, 0.29) is 5.69 Å². The van der Waals surface area contributed by atoms with E-state index in [4.69, 9.17) is 9.52 Å². The van der Waals surface area contributed by atoms with Crippen LogP contribution in [0.5, 0.6) is 0 Å². The second-order valence-corrected chi connectivity index (χ2v) is 4.92. The quantitative estimate of drug-likeness (QED) is 0.790. The lowest BCUT2D eigenvalue weighted by atomic mass is 10.2. The van der Waals surface area contributed by atoms with Crippen LogP contribution < -0.4 is 0 Å². The topological polar surface area (TPSA) is 80.6 Å². The molecule has 0 bridgehead atoms. The van der Waals surface area contributed by atoms with Crippen LogP contribution in [0, 0.1) is 0 Å². The summed E-state index contributed by atoms with van der Waals surface area (Å²) in [6, 6.07) is 6.97. The second kappa shape index (κ2) is 3.93. The van der Waals surface area contributed by atoms with Crippen molar-refractivity contribution in [2.45, 2.75) is 18.8 Å². The van der Waals surface area contributed by atoms with Crippen LogP contribution in [-0.4, -0.2) is 25.7 Å². The zero-order valence-electron chi connectivity index (χ0n) is 10.5. The Morgan fingerprint density at radius 2 is 2.25 bits per heavy atom. The molecular weight excluding hydrogens is 258 g/mol. The lowest BCUT2D eigenvalue weighted by molar-refractivity contribution is 0.0690. The summed E-state index contributed by atoms with van der Waals surface area (Å²) < 4.78 is 7.05. The van der Waals surface area contributed by atoms with Gasteiger partial charge in [0.15, 0.2) is 17.1 Å². The summed E-state index contributed by atoms with van der Waals surface area (Å²) in [6.45, 7) is 0. The third-order valence-corrected chi connectivity index (χ3v) is 3.44. The van der Waals surface area contributed by atoms with Crippen molar-refractivity contribution in [3.63, 3.8) is 0 Å². The highest BCUT2D eigenvalue weighted by atomic mass is 16.4. The van der Waals surface area contributed by atoms with Crippen molar-refractivity contribution in [3.05, 3.63) is 41.9 Å². The molecule has 0 amide bonds. The van der Waals surface area contributed by atoms with Crippen LogP contribution in [0.3, 0.4) is 0 Å². The summed E-state index contributed by atoms with van der Waals surface area (Å²) >= 11 is 0. The van der Waals surface area contributed by atoms with E-state index >= 15 is 0 Å². The van der Waals surface area contributed by atoms with Crippen LogP contribution in [0.4, 0.5) is 0 Å². The van der Waals surface area contributed by atoms with Gasteiger partial charge in [-0.3, -0.25) is 0 Å². The molecule has 0 spiro atoms. The normalized spacial score (nSPS) is 14.8. The summed E-state index contributed by atoms with van der Waals surface area (Å²) in [6.07, 6.45) is 3.71. The molecule has 0 radical (unpaired) electrons. The van der Waals surface area contributed by atoms with E-state index in [1.807, 2.05) is 6.07 Å². The lowest BCUT2D eigenvalue weighted by Gasteiger charge is -2.03. The summed E-state index contributed by atoms with van der Waals surface area (Å²) in [4.78, 5) is 15.3. The van der Waals surface area contributed by atoms with Gasteiger partial charge in [-0.25, -0.2) is 14.3 Å². The number of aromatic nitrogens is 3. The number of fused-ring (bicyclic) bond motifs is 1. The number of aromatic carboxylic acids is 1. The fourth-order valence-corrected chi connectivity index (χ4v) is 2.32. The molecule has 1 saturated carbocycles. The average Bonchev–Trinajstić information content (AvgIpc) is 2.98. The maximum absolute atomic E-state index is 11.2. The van der Waals surface area contributed by atoms with E-state index in [1.54, 1.807) is 29.0 Å². The molecule has 4 rings (SSSR count). The summed E-state index contributed by atoms with van der Waals surface area (Å²) in [5, 5.41) is 13.6. The third-order valence-electron chi connectivity index (χ3n) is 3.44. The number of carboxylic acid groups (broad SMARTS) is 1. The second-order valence-electron chi connectivity index (χ2n) is 4.92. The van der Waals surface area contributed by atoms with Gasteiger partial charge in [-0.2, -0.15) is 5.10 Å². The van der Waals surface area contributed by atoms with E-state index in [9.17, 15) is 4.79 Å². The minimum atomic E-state index is -1.02. The maximum Gasteiger partial charge on any atom is 0.354 e. The zero-order valence-corrected chi connectivity index (χ0v) is 10.5. The first kappa shape index (κ1) is 11.2. The van der Waals surface area contributed by atoms with Crippen LogP contribution in [0.15, 0.2) is 34.9 Å². The standard InChI is InChI=1S/C14H11N3O3/c18-14(19)10-6-11(8-3-4-8)17-13(15-10)7-9(16-17)12-2-1-5-20-12/h1-2,5-8H,3-4H2,(H,18,19). The van der Waals surface area contributed by atoms with Crippen molar-refractivity contribution in [3.8, 4) is 11.5 Å². The van der Waals surface area contributed by atoms with Crippen LogP contribution in [0.1, 0.15) is 34.9 Å². The molecule has 100 valence electrons. The number of furan rings is 1. The number of rotatable bonds is 3. The van der Waals surface area contributed by atoms with Crippen molar-refractivity contribution in [1.29, 1.82) is 0 Å². The van der Waals surface area contributed by atoms with Crippen LogP contribution >= 0.6 is 0 Å². The van der Waals surface area contributed by atoms with Crippen molar-refractivity contribution in [1.82, 2.24) is 14.6 Å². The molecule has 0 atom stereocenters. The average molecular weight is 269 g/mol. The zero-order chi connectivity index (χ0) is 13.7. The number of hydrogen-bond acceptors (Lipinski definition) is 4. The van der Waals surface area contributed by atoms with E-state index in [1.165, 1.54) is 0 Å². The van der Waals surface area contributed by atoms with Crippen LogP contribution in [-0.2, 0) is 0 Å². The van der Waals surface area contributed by atoms with Gasteiger partial charge < -0.3 is 9.52 Å². The predicted molar refractivity (Wildman–Crippen MR) is 69.6 cm³/mol. The van der Waals surface area contributed by atoms with Gasteiger partial charge in [-0.15, -0.1) is 0 Å². The van der Waals surface area contributed by atoms with Gasteiger partial charge in [0.05, 0.1) is 6.26 Å². The molecule has 6 nitrogen and oxygen atoms in total. The van der Waals surface area contributed by atoms with E-state index in [0.29, 0.717) is 23.0 Å². The lowest BCUT2D eigenvalue weighted by Crippen LogP contribution is -2.06. The van der Waals surface area contributed by atoms with Crippen molar-refractivity contribution >= 4 is 11.6 Å². The van der Waals surface area contributed by atoms with Crippen molar-refractivity contribution < 1.29 is 14.3 Å². The molecule has 1 N–H and O–H groups in total. The minimum Gasteiger partial charge on any atom is -0.477 e. The molecule has 1 fully saturated rings. The Morgan fingerprint density at radius 1 is 1.40 bits per heavy atom. The Morgan fingerprint density at radius 3 is 2.90 bits per heavy atom. The maximum atomic E-state index is 11.2. The number of carbonyl (C=O) groups is 1. The highest BCUT2D eigenvalue weighted by Gasteiger charge is 2.28. The molecule has 3 aromatic heterocycles. The highest BCUT2D eigenvalue weighted by molar-refractivity contribution is 5.86. The summed E-state index contributed by atoms with van der Waals surface area (Å²) in [5.74, 6) is 0.00669. The molecule has 20 heavy (non-hydrogen) atoms. The van der Waals surface area contributed by atoms with E-state index in [0.717, 1.165) is 18.5 Å². The molecule has 1 aliphatic carbocycles. The first-order valence-corrected chi connectivity index (χ1v) is 6.40. The van der Waals surface area contributed by atoms with Gasteiger partial charge in [-0.05, 0) is 31.0 Å². The Labute approximate surface area is 113 Å². The van der Waals surface area contributed by atoms with Gasteiger partial charge in [0.2, 0.25) is 0 Å². The third kappa shape index (κ3) is 1.69. The summed E-state index contributed by atoms with van der Waals surface area (Å²) in [5.41, 5.74) is 2.17. The van der Waals surface area contributed by atoms with Gasteiger partial charge in [0, 0.05) is 17.7 Å². The SMILES string of the molecule is O=C(O)c1cc(C2CC2)n2nc(-c3ccco3)cc2n1. The fraction of sp³-hybridized carbons (Fsp3) is 0.214. The minimum absolute atomic E-state index is 0.0605. The van der Waals surface area contributed by atoms with Crippen LogP contribution in [0.2, 0.25) is 0 Å². The molecule has 0 saturated heterocycles. The first-order valence-electron chi connectivity index (χ1n) is 6.40. The first-order chi connectivity index (χ1) is 9.72. The Kier molecular flexibility index (Phi) is 2.20. The highest BCUT2D eigenvalue weighted by Crippen LogP contribution is 2.40. The van der Waals surface area contributed by atoms with Crippen molar-refractivity contribution in [2.75, 3.05) is 0 Å². The van der Waals surface area contributed by atoms with Gasteiger partial charge >= 0.3 is 5.97 Å². The molecule has 1 aliphatic rings. The molecule has 6 heteroatoms. The molecular formula is C14H11N3O3. The Balaban J connectivity index is 1.95. The summed E-state index contributed by atoms with van der Waals surface area (Å²) in [7, 11) is 0. The largest absolute Gasteiger partial charge is 0.477 e. The molecule has 0 aliphatic heterocycles. The molecule has 3 aromatic rings. The number of hydrogen-bond donors (Lipinski definition) is 1.